The molecule has 0 radical (unpaired) electrons. The van der Waals surface area contributed by atoms with Gasteiger partial charge >= 0.3 is 0 Å². The molecule has 0 spiro atoms. The molecular weight excluding hydrogens is 234 g/mol. The lowest BCUT2D eigenvalue weighted by Crippen LogP contribution is -2.59. The lowest BCUT2D eigenvalue weighted by Gasteiger charge is -2.47. The van der Waals surface area contributed by atoms with Crippen LogP contribution in [0.25, 0.3) is 0 Å². The third-order valence-corrected chi connectivity index (χ3v) is 4.83. The Morgan fingerprint density at radius 2 is 1.89 bits per heavy atom. The molecule has 0 aromatic rings. The van der Waals surface area contributed by atoms with Crippen LogP contribution in [-0.2, 0) is 0 Å². The maximum Gasteiger partial charge on any atom is 0.0277 e. The van der Waals surface area contributed by atoms with Gasteiger partial charge in [0.15, 0.2) is 0 Å². The third-order valence-electron chi connectivity index (χ3n) is 4.83. The summed E-state index contributed by atoms with van der Waals surface area (Å²) in [6, 6.07) is 0. The van der Waals surface area contributed by atoms with Crippen molar-refractivity contribution in [3.63, 3.8) is 0 Å². The van der Waals surface area contributed by atoms with Crippen molar-refractivity contribution in [2.24, 2.45) is 5.41 Å². The van der Waals surface area contributed by atoms with E-state index in [9.17, 15) is 0 Å². The molecule has 1 unspecified atom stereocenters. The molecule has 0 amide bonds. The Balaban J connectivity index is 2.51. The van der Waals surface area contributed by atoms with Crippen LogP contribution in [0.15, 0.2) is 0 Å². The molecule has 1 atom stereocenters. The van der Waals surface area contributed by atoms with E-state index >= 15 is 0 Å². The van der Waals surface area contributed by atoms with Crippen LogP contribution in [0.2, 0.25) is 0 Å². The third kappa shape index (κ3) is 5.05. The van der Waals surface area contributed by atoms with Crippen molar-refractivity contribution in [1.82, 2.24) is 15.1 Å². The number of nitrogens with one attached hydrogen (secondary N) is 1. The van der Waals surface area contributed by atoms with Crippen LogP contribution < -0.4 is 5.32 Å². The zero-order valence-electron chi connectivity index (χ0n) is 14.1. The van der Waals surface area contributed by atoms with Gasteiger partial charge in [-0.05, 0) is 45.7 Å². The number of likely N-dealkylation sites (N-methyl/N-ethyl adjacent to an activating group) is 1. The molecule has 3 heteroatoms. The van der Waals surface area contributed by atoms with E-state index in [1.54, 1.807) is 0 Å². The summed E-state index contributed by atoms with van der Waals surface area (Å²) in [6.07, 6.45) is 2.47. The van der Waals surface area contributed by atoms with Crippen LogP contribution in [-0.4, -0.2) is 61.7 Å². The molecular formula is C16H35N3. The fourth-order valence-electron chi connectivity index (χ4n) is 2.88. The Morgan fingerprint density at radius 3 is 2.42 bits per heavy atom. The van der Waals surface area contributed by atoms with Gasteiger partial charge in [-0.25, -0.2) is 0 Å². The molecule has 0 aromatic heterocycles. The van der Waals surface area contributed by atoms with Crippen LogP contribution in [0.4, 0.5) is 0 Å². The van der Waals surface area contributed by atoms with Gasteiger partial charge in [0, 0.05) is 38.3 Å². The van der Waals surface area contributed by atoms with Gasteiger partial charge in [0.05, 0.1) is 0 Å². The van der Waals surface area contributed by atoms with Crippen molar-refractivity contribution in [2.75, 3.05) is 46.3 Å². The number of nitrogens with zero attached hydrogens (tertiary/aromatic N) is 2. The lowest BCUT2D eigenvalue weighted by atomic mass is 9.85. The minimum atomic E-state index is 0.309. The fourth-order valence-corrected chi connectivity index (χ4v) is 2.88. The Hall–Kier alpha value is -0.120. The van der Waals surface area contributed by atoms with Crippen molar-refractivity contribution in [3.05, 3.63) is 0 Å². The zero-order valence-corrected chi connectivity index (χ0v) is 14.1. The summed E-state index contributed by atoms with van der Waals surface area (Å²) < 4.78 is 0. The van der Waals surface area contributed by atoms with Crippen LogP contribution >= 0.6 is 0 Å². The normalized spacial score (nSPS) is 24.3. The number of rotatable bonds is 7. The van der Waals surface area contributed by atoms with E-state index < -0.39 is 0 Å². The second-order valence-electron chi connectivity index (χ2n) is 7.29. The highest BCUT2D eigenvalue weighted by molar-refractivity contribution is 4.91. The van der Waals surface area contributed by atoms with Gasteiger partial charge < -0.3 is 5.32 Å². The summed E-state index contributed by atoms with van der Waals surface area (Å²) in [7, 11) is 2.25. The first-order valence-electron chi connectivity index (χ1n) is 7.97. The molecule has 1 N–H and O–H groups in total. The van der Waals surface area contributed by atoms with Crippen molar-refractivity contribution < 1.29 is 0 Å². The molecule has 1 heterocycles. The summed E-state index contributed by atoms with van der Waals surface area (Å²) in [6.45, 7) is 18.8. The highest BCUT2D eigenvalue weighted by atomic mass is 15.3. The van der Waals surface area contributed by atoms with E-state index in [0.717, 1.165) is 13.1 Å². The number of piperazine rings is 1. The summed E-state index contributed by atoms with van der Waals surface area (Å²) in [5, 5.41) is 3.61. The van der Waals surface area contributed by atoms with Crippen molar-refractivity contribution in [2.45, 2.75) is 53.0 Å². The van der Waals surface area contributed by atoms with E-state index in [-0.39, 0.29) is 0 Å². The van der Waals surface area contributed by atoms with Gasteiger partial charge in [-0.3, -0.25) is 9.80 Å². The molecule has 0 saturated carbocycles. The Kier molecular flexibility index (Phi) is 6.28. The standard InChI is InChI=1S/C16H35N3/c1-7-9-17-12-16(5,8-2)14-19-11-10-18(6)15(3,4)13-19/h17H,7-14H2,1-6H3. The first kappa shape index (κ1) is 16.9. The topological polar surface area (TPSA) is 18.5 Å². The number of hydrogen-bond acceptors (Lipinski definition) is 3. The van der Waals surface area contributed by atoms with Crippen molar-refractivity contribution in [1.29, 1.82) is 0 Å². The highest BCUT2D eigenvalue weighted by Gasteiger charge is 2.34. The largest absolute Gasteiger partial charge is 0.316 e. The molecule has 0 aromatic carbocycles. The predicted molar refractivity (Wildman–Crippen MR) is 84.7 cm³/mol. The fraction of sp³-hybridized carbons (Fsp3) is 1.00. The molecule has 1 aliphatic rings. The quantitative estimate of drug-likeness (QED) is 0.716. The maximum absolute atomic E-state index is 3.61. The molecule has 1 aliphatic heterocycles. The van der Waals surface area contributed by atoms with Crippen LogP contribution in [0, 0.1) is 5.41 Å². The summed E-state index contributed by atoms with van der Waals surface area (Å²) in [5.41, 5.74) is 0.713. The minimum Gasteiger partial charge on any atom is -0.316 e. The average molecular weight is 269 g/mol. The Morgan fingerprint density at radius 1 is 1.21 bits per heavy atom. The minimum absolute atomic E-state index is 0.309. The van der Waals surface area contributed by atoms with E-state index in [2.05, 4.69) is 56.8 Å². The monoisotopic (exact) mass is 269 g/mol. The highest BCUT2D eigenvalue weighted by Crippen LogP contribution is 2.26. The Bertz CT molecular complexity index is 265. The van der Waals surface area contributed by atoms with E-state index in [1.807, 2.05) is 0 Å². The van der Waals surface area contributed by atoms with Gasteiger partial charge in [-0.2, -0.15) is 0 Å². The average Bonchev–Trinajstić information content (AvgIpc) is 2.34. The smallest absolute Gasteiger partial charge is 0.0277 e. The molecule has 114 valence electrons. The summed E-state index contributed by atoms with van der Waals surface area (Å²) in [5.74, 6) is 0. The Labute approximate surface area is 120 Å². The van der Waals surface area contributed by atoms with E-state index in [0.29, 0.717) is 11.0 Å². The maximum atomic E-state index is 3.61. The second-order valence-corrected chi connectivity index (χ2v) is 7.29. The first-order chi connectivity index (χ1) is 8.83. The molecule has 0 aliphatic carbocycles. The van der Waals surface area contributed by atoms with Crippen molar-refractivity contribution >= 4 is 0 Å². The molecule has 3 nitrogen and oxygen atoms in total. The van der Waals surface area contributed by atoms with Crippen molar-refractivity contribution in [3.8, 4) is 0 Å². The van der Waals surface area contributed by atoms with E-state index in [1.165, 1.54) is 39.0 Å². The predicted octanol–water partition coefficient (Wildman–Crippen LogP) is 2.43. The molecule has 19 heavy (non-hydrogen) atoms. The zero-order chi connectivity index (χ0) is 14.5. The summed E-state index contributed by atoms with van der Waals surface area (Å²) in [4.78, 5) is 5.15. The molecule has 1 fully saturated rings. The first-order valence-corrected chi connectivity index (χ1v) is 7.97. The molecule has 0 bridgehead atoms. The van der Waals surface area contributed by atoms with E-state index in [4.69, 9.17) is 0 Å². The lowest BCUT2D eigenvalue weighted by molar-refractivity contribution is 0.0180. The van der Waals surface area contributed by atoms with Gasteiger partial charge in [0.2, 0.25) is 0 Å². The van der Waals surface area contributed by atoms with Crippen LogP contribution in [0.3, 0.4) is 0 Å². The van der Waals surface area contributed by atoms with Gasteiger partial charge in [0.25, 0.3) is 0 Å². The van der Waals surface area contributed by atoms with Gasteiger partial charge in [-0.15, -0.1) is 0 Å². The molecule has 1 rings (SSSR count). The van der Waals surface area contributed by atoms with Gasteiger partial charge in [-0.1, -0.05) is 20.8 Å². The number of hydrogen-bond donors (Lipinski definition) is 1. The second kappa shape index (κ2) is 7.05. The molecule has 1 saturated heterocycles. The summed E-state index contributed by atoms with van der Waals surface area (Å²) >= 11 is 0. The SMILES string of the molecule is CCCNCC(C)(CC)CN1CCN(C)C(C)(C)C1. The van der Waals surface area contributed by atoms with Crippen LogP contribution in [0.1, 0.15) is 47.5 Å². The van der Waals surface area contributed by atoms with Gasteiger partial charge in [0.1, 0.15) is 0 Å². The van der Waals surface area contributed by atoms with Crippen LogP contribution in [0.5, 0.6) is 0 Å².